The Labute approximate surface area is 156 Å². The van der Waals surface area contributed by atoms with Crippen molar-refractivity contribution in [1.82, 2.24) is 0 Å². The minimum absolute atomic E-state index is 0.171. The standard InChI is InChI=1S/C21H25F5O/c1-11(2)9-15(12(3)4)14-7-5-13(6-8-14)10-27-21-19(25)17(23)16(22)18(24)20(21)26/h5,7-8,11-13,15H,6,9-10H2,1-4H3. The molecule has 0 heterocycles. The number of ether oxygens (including phenoxy) is 1. The van der Waals surface area contributed by atoms with Gasteiger partial charge in [-0.25, -0.2) is 13.2 Å². The van der Waals surface area contributed by atoms with E-state index in [4.69, 9.17) is 4.74 Å². The number of allylic oxidation sites excluding steroid dienone is 3. The largest absolute Gasteiger partial charge is 0.487 e. The molecule has 1 aromatic carbocycles. The Kier molecular flexibility index (Phi) is 7.06. The highest BCUT2D eigenvalue weighted by atomic mass is 19.2. The van der Waals surface area contributed by atoms with Crippen molar-refractivity contribution in [2.45, 2.75) is 40.5 Å². The van der Waals surface area contributed by atoms with Gasteiger partial charge in [-0.2, -0.15) is 8.78 Å². The van der Waals surface area contributed by atoms with Gasteiger partial charge in [-0.1, -0.05) is 45.9 Å². The average Bonchev–Trinajstić information content (AvgIpc) is 2.63. The lowest BCUT2D eigenvalue weighted by molar-refractivity contribution is 0.235. The molecule has 150 valence electrons. The summed E-state index contributed by atoms with van der Waals surface area (Å²) in [6.45, 7) is 8.50. The van der Waals surface area contributed by atoms with E-state index in [9.17, 15) is 22.0 Å². The summed E-state index contributed by atoms with van der Waals surface area (Å²) in [6, 6.07) is 0. The van der Waals surface area contributed by atoms with E-state index in [2.05, 4.69) is 33.8 Å². The van der Waals surface area contributed by atoms with E-state index in [1.165, 1.54) is 5.57 Å². The van der Waals surface area contributed by atoms with Crippen LogP contribution in [0, 0.1) is 52.8 Å². The minimum Gasteiger partial charge on any atom is -0.487 e. The molecule has 27 heavy (non-hydrogen) atoms. The Hall–Kier alpha value is -1.85. The van der Waals surface area contributed by atoms with E-state index in [1.807, 2.05) is 12.2 Å². The SMILES string of the molecule is CC(C)CC(C1=CCC(COc2c(F)c(F)c(F)c(F)c2F)C=C1)C(C)C. The number of halogens is 5. The molecule has 6 heteroatoms. The van der Waals surface area contributed by atoms with Crippen LogP contribution in [-0.2, 0) is 0 Å². The highest BCUT2D eigenvalue weighted by Crippen LogP contribution is 2.33. The van der Waals surface area contributed by atoms with Gasteiger partial charge in [0, 0.05) is 5.92 Å². The number of benzene rings is 1. The highest BCUT2D eigenvalue weighted by Gasteiger charge is 2.28. The summed E-state index contributed by atoms with van der Waals surface area (Å²) in [5.41, 5.74) is 1.21. The van der Waals surface area contributed by atoms with E-state index >= 15 is 0 Å². The van der Waals surface area contributed by atoms with Gasteiger partial charge in [-0.05, 0) is 36.2 Å². The van der Waals surface area contributed by atoms with Gasteiger partial charge >= 0.3 is 0 Å². The topological polar surface area (TPSA) is 9.23 Å². The molecule has 0 radical (unpaired) electrons. The van der Waals surface area contributed by atoms with Gasteiger partial charge in [-0.3, -0.25) is 0 Å². The fourth-order valence-corrected chi connectivity index (χ4v) is 3.28. The minimum atomic E-state index is -2.19. The summed E-state index contributed by atoms with van der Waals surface area (Å²) < 4.78 is 71.8. The molecule has 0 aromatic heterocycles. The van der Waals surface area contributed by atoms with Crippen LogP contribution >= 0.6 is 0 Å². The van der Waals surface area contributed by atoms with E-state index in [-0.39, 0.29) is 12.5 Å². The molecule has 0 saturated heterocycles. The molecule has 0 aliphatic heterocycles. The molecule has 0 saturated carbocycles. The number of rotatable bonds is 7. The molecule has 0 fully saturated rings. The van der Waals surface area contributed by atoms with E-state index in [1.54, 1.807) is 0 Å². The highest BCUT2D eigenvalue weighted by molar-refractivity contribution is 5.30. The van der Waals surface area contributed by atoms with Crippen LogP contribution in [0.4, 0.5) is 22.0 Å². The molecular weight excluding hydrogens is 363 g/mol. The Balaban J connectivity index is 2.05. The van der Waals surface area contributed by atoms with Crippen molar-refractivity contribution in [3.05, 3.63) is 52.9 Å². The molecule has 0 amide bonds. The predicted molar refractivity (Wildman–Crippen MR) is 94.8 cm³/mol. The predicted octanol–water partition coefficient (Wildman–Crippen LogP) is 6.58. The lowest BCUT2D eigenvalue weighted by Crippen LogP contribution is -2.18. The van der Waals surface area contributed by atoms with Gasteiger partial charge in [0.05, 0.1) is 6.61 Å². The zero-order valence-electron chi connectivity index (χ0n) is 16.0. The summed E-state index contributed by atoms with van der Waals surface area (Å²) in [4.78, 5) is 0. The van der Waals surface area contributed by atoms with Gasteiger partial charge in [0.25, 0.3) is 0 Å². The Morgan fingerprint density at radius 1 is 0.926 bits per heavy atom. The van der Waals surface area contributed by atoms with Crippen molar-refractivity contribution < 1.29 is 26.7 Å². The first-order chi connectivity index (χ1) is 12.6. The zero-order valence-corrected chi connectivity index (χ0v) is 16.0. The quantitative estimate of drug-likeness (QED) is 0.291. The van der Waals surface area contributed by atoms with Gasteiger partial charge in [0.2, 0.25) is 29.1 Å². The maximum Gasteiger partial charge on any atom is 0.206 e. The molecule has 0 spiro atoms. The second-order valence-corrected chi connectivity index (χ2v) is 7.75. The second kappa shape index (κ2) is 8.89. The Bertz CT molecular complexity index is 708. The van der Waals surface area contributed by atoms with Gasteiger partial charge in [0.15, 0.2) is 5.75 Å². The zero-order chi connectivity index (χ0) is 20.3. The maximum atomic E-state index is 13.7. The van der Waals surface area contributed by atoms with Crippen LogP contribution in [0.2, 0.25) is 0 Å². The van der Waals surface area contributed by atoms with Crippen LogP contribution in [0.3, 0.4) is 0 Å². The van der Waals surface area contributed by atoms with Crippen molar-refractivity contribution >= 4 is 0 Å². The lowest BCUT2D eigenvalue weighted by atomic mass is 9.79. The van der Waals surface area contributed by atoms with Crippen LogP contribution in [0.25, 0.3) is 0 Å². The molecule has 0 bridgehead atoms. The third-order valence-electron chi connectivity index (χ3n) is 4.79. The normalized spacial score (nSPS) is 18.2. The molecule has 1 aliphatic rings. The second-order valence-electron chi connectivity index (χ2n) is 7.75. The molecule has 1 aromatic rings. The fraction of sp³-hybridized carbons (Fsp3) is 0.524. The van der Waals surface area contributed by atoms with Gasteiger partial charge < -0.3 is 4.74 Å². The average molecular weight is 388 g/mol. The number of hydrogen-bond donors (Lipinski definition) is 0. The van der Waals surface area contributed by atoms with E-state index < -0.39 is 34.8 Å². The molecule has 2 rings (SSSR count). The van der Waals surface area contributed by atoms with Crippen molar-refractivity contribution in [2.24, 2.45) is 23.7 Å². The monoisotopic (exact) mass is 388 g/mol. The molecule has 1 aliphatic carbocycles. The summed E-state index contributed by atoms with van der Waals surface area (Å²) in [6.07, 6.45) is 7.56. The van der Waals surface area contributed by atoms with Crippen LogP contribution in [0.5, 0.6) is 5.75 Å². The van der Waals surface area contributed by atoms with E-state index in [0.29, 0.717) is 24.2 Å². The lowest BCUT2D eigenvalue weighted by Gasteiger charge is -2.27. The third-order valence-corrected chi connectivity index (χ3v) is 4.79. The summed E-state index contributed by atoms with van der Waals surface area (Å²) in [5, 5.41) is 0. The first kappa shape index (κ1) is 21.5. The fourth-order valence-electron chi connectivity index (χ4n) is 3.28. The van der Waals surface area contributed by atoms with Crippen LogP contribution in [0.15, 0.2) is 23.8 Å². The van der Waals surface area contributed by atoms with Gasteiger partial charge in [0.1, 0.15) is 0 Å². The van der Waals surface area contributed by atoms with Crippen LogP contribution in [-0.4, -0.2) is 6.61 Å². The summed E-state index contributed by atoms with van der Waals surface area (Å²) in [7, 11) is 0. The van der Waals surface area contributed by atoms with Crippen molar-refractivity contribution in [1.29, 1.82) is 0 Å². The summed E-state index contributed by atoms with van der Waals surface area (Å²) >= 11 is 0. The van der Waals surface area contributed by atoms with Crippen molar-refractivity contribution in [3.63, 3.8) is 0 Å². The Morgan fingerprint density at radius 3 is 1.93 bits per heavy atom. The van der Waals surface area contributed by atoms with Crippen LogP contribution in [0.1, 0.15) is 40.5 Å². The van der Waals surface area contributed by atoms with Gasteiger partial charge in [-0.15, -0.1) is 0 Å². The summed E-state index contributed by atoms with van der Waals surface area (Å²) in [5.74, 6) is -10.1. The number of hydrogen-bond acceptors (Lipinski definition) is 1. The molecule has 1 nitrogen and oxygen atoms in total. The molecule has 2 atom stereocenters. The molecule has 0 N–H and O–H groups in total. The molecule has 2 unspecified atom stereocenters. The maximum absolute atomic E-state index is 13.7. The first-order valence-electron chi connectivity index (χ1n) is 9.15. The van der Waals surface area contributed by atoms with Crippen molar-refractivity contribution in [2.75, 3.05) is 6.61 Å². The smallest absolute Gasteiger partial charge is 0.206 e. The first-order valence-corrected chi connectivity index (χ1v) is 9.15. The Morgan fingerprint density at radius 2 is 1.48 bits per heavy atom. The third kappa shape index (κ3) is 4.90. The molecular formula is C21H25F5O. The van der Waals surface area contributed by atoms with Crippen LogP contribution < -0.4 is 4.74 Å². The van der Waals surface area contributed by atoms with E-state index in [0.717, 1.165) is 6.42 Å². The van der Waals surface area contributed by atoms with Crippen molar-refractivity contribution in [3.8, 4) is 5.75 Å².